The maximum Gasteiger partial charge on any atom is 0.124 e. The Kier molecular flexibility index (Phi) is 5.26. The van der Waals surface area contributed by atoms with Gasteiger partial charge in [0.05, 0.1) is 24.0 Å². The lowest BCUT2D eigenvalue weighted by molar-refractivity contribution is 0.388. The summed E-state index contributed by atoms with van der Waals surface area (Å²) >= 11 is 6.02. The molecule has 0 atom stereocenters. The largest absolute Gasteiger partial charge is 0.497 e. The number of alkyl halides is 1. The number of nitrogens with zero attached hydrogens (tertiary/aromatic N) is 3. The van der Waals surface area contributed by atoms with Crippen LogP contribution in [0.2, 0.25) is 0 Å². The SMILES string of the molecule is COc1ccc2c(c1)nc(CCl)n2CCCCN(C)C. The van der Waals surface area contributed by atoms with Gasteiger partial charge in [-0.25, -0.2) is 4.98 Å². The predicted molar refractivity (Wildman–Crippen MR) is 83.6 cm³/mol. The normalized spacial score (nSPS) is 11.4. The Balaban J connectivity index is 2.17. The molecule has 0 saturated heterocycles. The number of hydrogen-bond donors (Lipinski definition) is 0. The zero-order valence-electron chi connectivity index (χ0n) is 12.4. The molecule has 2 aromatic rings. The zero-order chi connectivity index (χ0) is 14.5. The lowest BCUT2D eigenvalue weighted by Crippen LogP contribution is -2.13. The van der Waals surface area contributed by atoms with Crippen molar-refractivity contribution in [3.05, 3.63) is 24.0 Å². The first-order chi connectivity index (χ1) is 9.65. The molecule has 0 bridgehead atoms. The summed E-state index contributed by atoms with van der Waals surface area (Å²) in [6.45, 7) is 2.06. The van der Waals surface area contributed by atoms with Crippen molar-refractivity contribution in [2.75, 3.05) is 27.7 Å². The molecule has 0 aliphatic heterocycles. The Hall–Kier alpha value is -1.26. The van der Waals surface area contributed by atoms with Gasteiger partial charge in [0.25, 0.3) is 0 Å². The molecule has 1 heterocycles. The van der Waals surface area contributed by atoms with Gasteiger partial charge in [-0.05, 0) is 45.6 Å². The number of hydrogen-bond acceptors (Lipinski definition) is 3. The molecular weight excluding hydrogens is 274 g/mol. The highest BCUT2D eigenvalue weighted by Crippen LogP contribution is 2.23. The second-order valence-electron chi connectivity index (χ2n) is 5.18. The van der Waals surface area contributed by atoms with E-state index in [2.05, 4.69) is 34.6 Å². The van der Waals surface area contributed by atoms with Crippen LogP contribution in [0.25, 0.3) is 11.0 Å². The highest BCUT2D eigenvalue weighted by Gasteiger charge is 2.10. The molecule has 2 rings (SSSR count). The maximum atomic E-state index is 6.02. The van der Waals surface area contributed by atoms with Crippen LogP contribution in [0.3, 0.4) is 0 Å². The molecule has 4 nitrogen and oxygen atoms in total. The number of unbranched alkanes of at least 4 members (excludes halogenated alkanes) is 1. The Labute approximate surface area is 125 Å². The van der Waals surface area contributed by atoms with Crippen molar-refractivity contribution in [1.29, 1.82) is 0 Å². The molecule has 1 aromatic carbocycles. The van der Waals surface area contributed by atoms with Crippen molar-refractivity contribution in [1.82, 2.24) is 14.5 Å². The fraction of sp³-hybridized carbons (Fsp3) is 0.533. The van der Waals surface area contributed by atoms with Crippen molar-refractivity contribution < 1.29 is 4.74 Å². The van der Waals surface area contributed by atoms with Gasteiger partial charge in [-0.2, -0.15) is 0 Å². The maximum absolute atomic E-state index is 6.02. The summed E-state index contributed by atoms with van der Waals surface area (Å²) in [7, 11) is 5.87. The van der Waals surface area contributed by atoms with Gasteiger partial charge in [0.1, 0.15) is 11.6 Å². The van der Waals surface area contributed by atoms with Crippen LogP contribution in [0.1, 0.15) is 18.7 Å². The zero-order valence-corrected chi connectivity index (χ0v) is 13.2. The van der Waals surface area contributed by atoms with E-state index in [1.165, 1.54) is 6.42 Å². The number of benzene rings is 1. The standard InChI is InChI=1S/C15H22ClN3O/c1-18(2)8-4-5-9-19-14-7-6-12(20-3)10-13(14)17-15(19)11-16/h6-7,10H,4-5,8-9,11H2,1-3H3. The molecule has 1 aromatic heterocycles. The fourth-order valence-corrected chi connectivity index (χ4v) is 2.54. The highest BCUT2D eigenvalue weighted by atomic mass is 35.5. The van der Waals surface area contributed by atoms with Gasteiger partial charge in [0, 0.05) is 12.6 Å². The summed E-state index contributed by atoms with van der Waals surface area (Å²) in [5.74, 6) is 2.20. The average Bonchev–Trinajstić information content (AvgIpc) is 2.80. The molecule has 20 heavy (non-hydrogen) atoms. The molecule has 0 N–H and O–H groups in total. The molecule has 0 radical (unpaired) electrons. The minimum absolute atomic E-state index is 0.435. The van der Waals surface area contributed by atoms with Crippen molar-refractivity contribution in [2.45, 2.75) is 25.3 Å². The lowest BCUT2D eigenvalue weighted by Gasteiger charge is -2.11. The Bertz CT molecular complexity index is 565. The minimum atomic E-state index is 0.435. The first kappa shape index (κ1) is 15.1. The van der Waals surface area contributed by atoms with Crippen LogP contribution in [-0.4, -0.2) is 42.2 Å². The third kappa shape index (κ3) is 3.44. The van der Waals surface area contributed by atoms with Crippen LogP contribution in [0, 0.1) is 0 Å². The monoisotopic (exact) mass is 295 g/mol. The van der Waals surface area contributed by atoms with Gasteiger partial charge in [-0.3, -0.25) is 0 Å². The topological polar surface area (TPSA) is 30.3 Å². The molecule has 5 heteroatoms. The molecule has 110 valence electrons. The van der Waals surface area contributed by atoms with Crippen LogP contribution in [0.15, 0.2) is 18.2 Å². The van der Waals surface area contributed by atoms with Crippen molar-refractivity contribution in [3.63, 3.8) is 0 Å². The summed E-state index contributed by atoms with van der Waals surface area (Å²) in [5.41, 5.74) is 2.08. The molecule has 0 unspecified atom stereocenters. The van der Waals surface area contributed by atoms with Gasteiger partial charge >= 0.3 is 0 Å². The Morgan fingerprint density at radius 3 is 2.75 bits per heavy atom. The number of fused-ring (bicyclic) bond motifs is 1. The Morgan fingerprint density at radius 2 is 2.10 bits per heavy atom. The molecule has 0 aliphatic rings. The second-order valence-corrected chi connectivity index (χ2v) is 5.45. The van der Waals surface area contributed by atoms with Gasteiger partial charge < -0.3 is 14.2 Å². The number of halogens is 1. The third-order valence-electron chi connectivity index (χ3n) is 3.39. The van der Waals surface area contributed by atoms with Gasteiger partial charge in [0.15, 0.2) is 0 Å². The number of imidazole rings is 1. The molecule has 0 fully saturated rings. The number of rotatable bonds is 7. The van der Waals surface area contributed by atoms with Crippen LogP contribution >= 0.6 is 11.6 Å². The van der Waals surface area contributed by atoms with Crippen molar-refractivity contribution in [3.8, 4) is 5.75 Å². The quantitative estimate of drug-likeness (QED) is 0.581. The average molecular weight is 296 g/mol. The van der Waals surface area contributed by atoms with Crippen LogP contribution in [-0.2, 0) is 12.4 Å². The van der Waals surface area contributed by atoms with E-state index in [1.54, 1.807) is 7.11 Å². The van der Waals surface area contributed by atoms with Crippen LogP contribution < -0.4 is 4.74 Å². The first-order valence-electron chi connectivity index (χ1n) is 6.89. The minimum Gasteiger partial charge on any atom is -0.497 e. The van der Waals surface area contributed by atoms with E-state index in [4.69, 9.17) is 16.3 Å². The Morgan fingerprint density at radius 1 is 1.30 bits per heavy atom. The van der Waals surface area contributed by atoms with E-state index >= 15 is 0 Å². The van der Waals surface area contributed by atoms with E-state index in [9.17, 15) is 0 Å². The molecule has 0 amide bonds. The highest BCUT2D eigenvalue weighted by molar-refractivity contribution is 6.16. The third-order valence-corrected chi connectivity index (χ3v) is 3.63. The second kappa shape index (κ2) is 6.95. The van der Waals surface area contributed by atoms with E-state index in [0.717, 1.165) is 42.1 Å². The van der Waals surface area contributed by atoms with E-state index < -0.39 is 0 Å². The summed E-state index contributed by atoms with van der Waals surface area (Å²) in [6.07, 6.45) is 2.30. The summed E-state index contributed by atoms with van der Waals surface area (Å²) < 4.78 is 7.46. The smallest absolute Gasteiger partial charge is 0.124 e. The molecule has 0 spiro atoms. The number of methoxy groups -OCH3 is 1. The van der Waals surface area contributed by atoms with E-state index in [1.807, 2.05) is 12.1 Å². The molecule has 0 aliphatic carbocycles. The predicted octanol–water partition coefficient (Wildman–Crippen LogP) is 3.13. The first-order valence-corrected chi connectivity index (χ1v) is 7.43. The number of aromatic nitrogens is 2. The van der Waals surface area contributed by atoms with Crippen molar-refractivity contribution >= 4 is 22.6 Å². The van der Waals surface area contributed by atoms with E-state index in [0.29, 0.717) is 5.88 Å². The van der Waals surface area contributed by atoms with E-state index in [-0.39, 0.29) is 0 Å². The summed E-state index contributed by atoms with van der Waals surface area (Å²) in [5, 5.41) is 0. The molecular formula is C15H22ClN3O. The van der Waals surface area contributed by atoms with Gasteiger partial charge in [0.2, 0.25) is 0 Å². The van der Waals surface area contributed by atoms with Gasteiger partial charge in [-0.15, -0.1) is 11.6 Å². The van der Waals surface area contributed by atoms with Crippen molar-refractivity contribution in [2.24, 2.45) is 0 Å². The van der Waals surface area contributed by atoms with Crippen LogP contribution in [0.5, 0.6) is 5.75 Å². The van der Waals surface area contributed by atoms with Gasteiger partial charge in [-0.1, -0.05) is 0 Å². The molecule has 0 saturated carbocycles. The summed E-state index contributed by atoms with van der Waals surface area (Å²) in [6, 6.07) is 5.99. The fourth-order valence-electron chi connectivity index (χ4n) is 2.34. The lowest BCUT2D eigenvalue weighted by atomic mass is 10.2. The van der Waals surface area contributed by atoms with Crippen LogP contribution in [0.4, 0.5) is 0 Å². The number of aryl methyl sites for hydroxylation is 1. The summed E-state index contributed by atoms with van der Waals surface area (Å²) in [4.78, 5) is 6.80. The number of ether oxygens (including phenoxy) is 1.